The lowest BCUT2D eigenvalue weighted by molar-refractivity contribution is -0.146. The van der Waals surface area contributed by atoms with Crippen molar-refractivity contribution in [3.05, 3.63) is 29.3 Å². The molecule has 2 aromatic rings. The molecule has 1 aromatic carbocycles. The van der Waals surface area contributed by atoms with Crippen molar-refractivity contribution in [1.29, 1.82) is 0 Å². The molecule has 0 radical (unpaired) electrons. The smallest absolute Gasteiger partial charge is 0.250 e. The van der Waals surface area contributed by atoms with E-state index in [0.717, 1.165) is 27.8 Å². The number of sulfonamides is 1. The molecule has 1 N–H and O–H groups in total. The van der Waals surface area contributed by atoms with Crippen LogP contribution in [0.15, 0.2) is 28.5 Å². The van der Waals surface area contributed by atoms with E-state index in [1.165, 1.54) is 14.7 Å². The van der Waals surface area contributed by atoms with Gasteiger partial charge in [0.25, 0.3) is 10.0 Å². The molecule has 34 heavy (non-hydrogen) atoms. The molecular weight excluding hydrogens is 500 g/mol. The number of rotatable bonds is 6. The fraction of sp³-hybridized carbons (Fsp3) is 0.500. The summed E-state index contributed by atoms with van der Waals surface area (Å²) in [5, 5.41) is 1.27. The zero-order chi connectivity index (χ0) is 24.6. The van der Waals surface area contributed by atoms with E-state index >= 15 is 0 Å². The standard InChI is InChI=1S/C22H27ClN4O5S2/c1-25(2)22(30)17-6-4-10-27(17)19(28)13-26-9-3-5-16(21(26)29)24-34(31,32)20-11-14-7-8-15(23)12-18(14)33-20/h7-8,11-12,16-17,24H,3-6,9-10,13H2,1-2H3/t16-,17-/m0/s1. The number of nitrogens with zero attached hydrogens (tertiary/aromatic N) is 3. The lowest BCUT2D eigenvalue weighted by Crippen LogP contribution is -2.55. The summed E-state index contributed by atoms with van der Waals surface area (Å²) in [7, 11) is -0.628. The number of carbonyl (C=O) groups is 3. The van der Waals surface area contributed by atoms with Gasteiger partial charge in [0.05, 0.1) is 6.54 Å². The van der Waals surface area contributed by atoms with Gasteiger partial charge in [-0.1, -0.05) is 17.7 Å². The number of fused-ring (bicyclic) bond motifs is 1. The molecule has 9 nitrogen and oxygen atoms in total. The number of amides is 3. The van der Waals surface area contributed by atoms with Gasteiger partial charge in [-0.25, -0.2) is 8.42 Å². The number of hydrogen-bond acceptors (Lipinski definition) is 6. The Balaban J connectivity index is 1.44. The predicted octanol–water partition coefficient (Wildman–Crippen LogP) is 1.90. The highest BCUT2D eigenvalue weighted by Crippen LogP contribution is 2.31. The number of benzene rings is 1. The zero-order valence-corrected chi connectivity index (χ0v) is 21.4. The second-order valence-corrected chi connectivity index (χ2v) is 12.3. The van der Waals surface area contributed by atoms with E-state index in [-0.39, 0.29) is 22.6 Å². The Morgan fingerprint density at radius 2 is 1.91 bits per heavy atom. The summed E-state index contributed by atoms with van der Waals surface area (Å²) in [4.78, 5) is 42.8. The minimum Gasteiger partial charge on any atom is -0.347 e. The Morgan fingerprint density at radius 3 is 2.65 bits per heavy atom. The Kier molecular flexibility index (Phi) is 7.18. The minimum absolute atomic E-state index is 0.105. The molecule has 2 aliphatic heterocycles. The van der Waals surface area contributed by atoms with Crippen LogP contribution < -0.4 is 4.72 Å². The van der Waals surface area contributed by atoms with Gasteiger partial charge in [-0.15, -0.1) is 11.3 Å². The molecule has 0 saturated carbocycles. The van der Waals surface area contributed by atoms with Gasteiger partial charge >= 0.3 is 0 Å². The van der Waals surface area contributed by atoms with E-state index in [9.17, 15) is 22.8 Å². The van der Waals surface area contributed by atoms with E-state index in [2.05, 4.69) is 4.72 Å². The molecule has 1 aromatic heterocycles. The third kappa shape index (κ3) is 5.07. The molecule has 3 heterocycles. The first-order valence-electron chi connectivity index (χ1n) is 11.1. The Hall–Kier alpha value is -2.21. The van der Waals surface area contributed by atoms with E-state index < -0.39 is 28.0 Å². The van der Waals surface area contributed by atoms with E-state index in [1.54, 1.807) is 38.4 Å². The normalized spacial score (nSPS) is 21.3. The lowest BCUT2D eigenvalue weighted by Gasteiger charge is -2.34. The van der Waals surface area contributed by atoms with Gasteiger partial charge in [-0.05, 0) is 49.3 Å². The van der Waals surface area contributed by atoms with Crippen LogP contribution in [0.25, 0.3) is 10.1 Å². The first-order chi connectivity index (χ1) is 16.1. The Morgan fingerprint density at radius 1 is 1.18 bits per heavy atom. The number of likely N-dealkylation sites (N-methyl/N-ethyl adjacent to an activating group) is 1. The molecular formula is C22H27ClN4O5S2. The summed E-state index contributed by atoms with van der Waals surface area (Å²) in [5.41, 5.74) is 0. The first-order valence-corrected chi connectivity index (χ1v) is 13.8. The van der Waals surface area contributed by atoms with Gasteiger partial charge in [0.2, 0.25) is 17.7 Å². The molecule has 4 rings (SSSR count). The number of nitrogens with one attached hydrogen (secondary N) is 1. The molecule has 0 unspecified atom stereocenters. The minimum atomic E-state index is -3.93. The van der Waals surface area contributed by atoms with Crippen LogP contribution in [0.5, 0.6) is 0 Å². The summed E-state index contributed by atoms with van der Waals surface area (Å²) < 4.78 is 29.4. The van der Waals surface area contributed by atoms with Crippen molar-refractivity contribution in [3.8, 4) is 0 Å². The molecule has 184 valence electrons. The van der Waals surface area contributed by atoms with Crippen LogP contribution in [0.1, 0.15) is 25.7 Å². The van der Waals surface area contributed by atoms with Crippen LogP contribution in [0, 0.1) is 0 Å². The Bertz CT molecular complexity index is 1230. The van der Waals surface area contributed by atoms with Gasteiger partial charge in [0, 0.05) is 36.9 Å². The van der Waals surface area contributed by atoms with Crippen LogP contribution in [0.3, 0.4) is 0 Å². The van der Waals surface area contributed by atoms with Crippen LogP contribution in [-0.4, -0.2) is 86.7 Å². The molecule has 2 fully saturated rings. The van der Waals surface area contributed by atoms with Gasteiger partial charge in [-0.2, -0.15) is 4.72 Å². The van der Waals surface area contributed by atoms with Crippen LogP contribution >= 0.6 is 22.9 Å². The predicted molar refractivity (Wildman–Crippen MR) is 130 cm³/mol. The summed E-state index contributed by atoms with van der Waals surface area (Å²) in [6, 6.07) is 5.24. The van der Waals surface area contributed by atoms with Crippen LogP contribution in [-0.2, 0) is 24.4 Å². The number of thiophene rings is 1. The highest BCUT2D eigenvalue weighted by molar-refractivity contribution is 7.91. The highest BCUT2D eigenvalue weighted by atomic mass is 35.5. The summed E-state index contributed by atoms with van der Waals surface area (Å²) in [5.74, 6) is -0.857. The average Bonchev–Trinajstić information content (AvgIpc) is 3.43. The highest BCUT2D eigenvalue weighted by Gasteiger charge is 2.38. The number of carbonyl (C=O) groups excluding carboxylic acids is 3. The third-order valence-corrected chi connectivity index (χ3v) is 9.46. The summed E-state index contributed by atoms with van der Waals surface area (Å²) in [6.45, 7) is 0.664. The van der Waals surface area contributed by atoms with Gasteiger partial charge in [-0.3, -0.25) is 14.4 Å². The molecule has 2 atom stereocenters. The maximum Gasteiger partial charge on any atom is 0.250 e. The summed E-state index contributed by atoms with van der Waals surface area (Å²) in [6.07, 6.45) is 2.24. The average molecular weight is 527 g/mol. The van der Waals surface area contributed by atoms with Crippen LogP contribution in [0.2, 0.25) is 5.02 Å². The maximum atomic E-state index is 13.1. The van der Waals surface area contributed by atoms with E-state index in [4.69, 9.17) is 11.6 Å². The van der Waals surface area contributed by atoms with Crippen molar-refractivity contribution < 1.29 is 22.8 Å². The first kappa shape index (κ1) is 24.9. The molecule has 0 spiro atoms. The molecule has 3 amide bonds. The monoisotopic (exact) mass is 526 g/mol. The largest absolute Gasteiger partial charge is 0.347 e. The maximum absolute atomic E-state index is 13.1. The number of halogens is 1. The van der Waals surface area contributed by atoms with Crippen molar-refractivity contribution >= 4 is 60.8 Å². The molecule has 2 aliphatic rings. The summed E-state index contributed by atoms with van der Waals surface area (Å²) >= 11 is 7.09. The van der Waals surface area contributed by atoms with Gasteiger partial charge in [0.1, 0.15) is 16.3 Å². The van der Waals surface area contributed by atoms with Crippen LogP contribution in [0.4, 0.5) is 0 Å². The molecule has 12 heteroatoms. The number of piperidine rings is 1. The quantitative estimate of drug-likeness (QED) is 0.618. The molecule has 0 aliphatic carbocycles. The van der Waals surface area contributed by atoms with Crippen molar-refractivity contribution in [2.45, 2.75) is 42.0 Å². The number of hydrogen-bond donors (Lipinski definition) is 1. The fourth-order valence-electron chi connectivity index (χ4n) is 4.44. The van der Waals surface area contributed by atoms with Crippen molar-refractivity contribution in [3.63, 3.8) is 0 Å². The lowest BCUT2D eigenvalue weighted by atomic mass is 10.1. The fourth-order valence-corrected chi connectivity index (χ4v) is 7.35. The molecule has 0 bridgehead atoms. The second-order valence-electron chi connectivity index (χ2n) is 8.80. The van der Waals surface area contributed by atoms with Gasteiger partial charge in [0.15, 0.2) is 0 Å². The van der Waals surface area contributed by atoms with E-state index in [0.29, 0.717) is 37.4 Å². The van der Waals surface area contributed by atoms with Gasteiger partial charge < -0.3 is 14.7 Å². The van der Waals surface area contributed by atoms with Crippen molar-refractivity contribution in [2.24, 2.45) is 0 Å². The van der Waals surface area contributed by atoms with Crippen molar-refractivity contribution in [1.82, 2.24) is 19.4 Å². The SMILES string of the molecule is CN(C)C(=O)[C@@H]1CCCN1C(=O)CN1CCC[C@H](NS(=O)(=O)c2cc3ccc(Cl)cc3s2)C1=O. The topological polar surface area (TPSA) is 107 Å². The molecule has 2 saturated heterocycles. The number of likely N-dealkylation sites (tertiary alicyclic amines) is 2. The van der Waals surface area contributed by atoms with Crippen molar-refractivity contribution in [2.75, 3.05) is 33.7 Å². The third-order valence-electron chi connectivity index (χ3n) is 6.18. The zero-order valence-electron chi connectivity index (χ0n) is 19.0. The Labute approximate surface area is 207 Å². The van der Waals surface area contributed by atoms with E-state index in [1.807, 2.05) is 0 Å². The second kappa shape index (κ2) is 9.80.